The molecule has 0 aliphatic carbocycles. The highest BCUT2D eigenvalue weighted by molar-refractivity contribution is 6.29. The quantitative estimate of drug-likeness (QED) is 0.513. The summed E-state index contributed by atoms with van der Waals surface area (Å²) in [5, 5.41) is 11.2. The van der Waals surface area contributed by atoms with E-state index in [9.17, 15) is 14.9 Å². The second kappa shape index (κ2) is 4.65. The predicted molar refractivity (Wildman–Crippen MR) is 70.0 cm³/mol. The van der Waals surface area contributed by atoms with Crippen LogP contribution in [-0.4, -0.2) is 28.9 Å². The average Bonchev–Trinajstić information content (AvgIpc) is 2.73. The van der Waals surface area contributed by atoms with E-state index in [1.807, 2.05) is 0 Å². The van der Waals surface area contributed by atoms with Crippen LogP contribution in [0.3, 0.4) is 0 Å². The van der Waals surface area contributed by atoms with Gasteiger partial charge < -0.3 is 10.6 Å². The van der Waals surface area contributed by atoms with Gasteiger partial charge in [0, 0.05) is 19.2 Å². The van der Waals surface area contributed by atoms with Crippen LogP contribution in [0, 0.1) is 15.5 Å². The van der Waals surface area contributed by atoms with E-state index in [1.165, 1.54) is 12.1 Å². The number of nitro groups is 1. The molecular formula is C11H13ClN4O3. The van der Waals surface area contributed by atoms with E-state index in [2.05, 4.69) is 4.98 Å². The first-order chi connectivity index (χ1) is 8.83. The summed E-state index contributed by atoms with van der Waals surface area (Å²) in [5.74, 6) is -0.234. The molecule has 8 heteroatoms. The van der Waals surface area contributed by atoms with Gasteiger partial charge in [-0.1, -0.05) is 11.6 Å². The normalized spacial score (nSPS) is 22.5. The molecule has 1 saturated heterocycles. The number of pyridine rings is 1. The van der Waals surface area contributed by atoms with Gasteiger partial charge in [0.2, 0.25) is 11.7 Å². The number of carbonyl (C=O) groups is 1. The van der Waals surface area contributed by atoms with Gasteiger partial charge in [-0.3, -0.25) is 14.9 Å². The summed E-state index contributed by atoms with van der Waals surface area (Å²) in [4.78, 5) is 27.5. The maximum atomic E-state index is 11.4. The van der Waals surface area contributed by atoms with Crippen LogP contribution >= 0.6 is 11.6 Å². The van der Waals surface area contributed by atoms with Crippen molar-refractivity contribution < 1.29 is 9.72 Å². The lowest BCUT2D eigenvalue weighted by Crippen LogP contribution is -2.37. The van der Waals surface area contributed by atoms with Crippen LogP contribution in [0.15, 0.2) is 12.1 Å². The maximum Gasteiger partial charge on any atom is 0.311 e. The Labute approximate surface area is 114 Å². The van der Waals surface area contributed by atoms with Gasteiger partial charge in [0.05, 0.1) is 10.3 Å². The molecule has 1 amide bonds. The fourth-order valence-corrected chi connectivity index (χ4v) is 2.28. The fourth-order valence-electron chi connectivity index (χ4n) is 2.14. The van der Waals surface area contributed by atoms with Crippen LogP contribution < -0.4 is 10.6 Å². The number of carbonyl (C=O) groups excluding carboxylic acids is 1. The zero-order valence-corrected chi connectivity index (χ0v) is 11.1. The molecule has 1 fully saturated rings. The zero-order chi connectivity index (χ0) is 14.2. The van der Waals surface area contributed by atoms with Crippen molar-refractivity contribution >= 4 is 29.0 Å². The third-order valence-electron chi connectivity index (χ3n) is 3.38. The Morgan fingerprint density at radius 3 is 2.84 bits per heavy atom. The Bertz CT molecular complexity index is 551. The molecule has 1 aliphatic rings. The summed E-state index contributed by atoms with van der Waals surface area (Å²) in [7, 11) is 0. The van der Waals surface area contributed by atoms with E-state index in [-0.39, 0.29) is 16.7 Å². The van der Waals surface area contributed by atoms with Crippen molar-refractivity contribution in [2.75, 3.05) is 18.0 Å². The molecular weight excluding hydrogens is 272 g/mol. The molecule has 2 heterocycles. The largest absolute Gasteiger partial charge is 0.369 e. The second-order valence-corrected chi connectivity index (χ2v) is 5.22. The van der Waals surface area contributed by atoms with Gasteiger partial charge in [-0.05, 0) is 19.4 Å². The zero-order valence-electron chi connectivity index (χ0n) is 10.3. The Hall–Kier alpha value is -1.89. The minimum atomic E-state index is -0.697. The third-order valence-corrected chi connectivity index (χ3v) is 3.60. The van der Waals surface area contributed by atoms with Crippen molar-refractivity contribution in [2.24, 2.45) is 11.1 Å². The predicted octanol–water partition coefficient (Wildman–Crippen LogP) is 1.34. The van der Waals surface area contributed by atoms with E-state index in [0.717, 1.165) is 0 Å². The van der Waals surface area contributed by atoms with Crippen molar-refractivity contribution in [3.05, 3.63) is 27.4 Å². The number of hydrogen-bond acceptors (Lipinski definition) is 5. The molecule has 1 unspecified atom stereocenters. The average molecular weight is 285 g/mol. The highest BCUT2D eigenvalue weighted by Crippen LogP contribution is 2.36. The van der Waals surface area contributed by atoms with Crippen LogP contribution in [0.5, 0.6) is 0 Å². The number of nitrogens with two attached hydrogens (primary N) is 1. The molecule has 1 aromatic rings. The number of primary amides is 1. The molecule has 0 bridgehead atoms. The van der Waals surface area contributed by atoms with Crippen molar-refractivity contribution in [1.82, 2.24) is 4.98 Å². The van der Waals surface area contributed by atoms with E-state index in [4.69, 9.17) is 17.3 Å². The van der Waals surface area contributed by atoms with Crippen LogP contribution in [-0.2, 0) is 4.79 Å². The first kappa shape index (κ1) is 13.5. The molecule has 0 saturated carbocycles. The van der Waals surface area contributed by atoms with E-state index in [1.54, 1.807) is 11.8 Å². The van der Waals surface area contributed by atoms with Gasteiger partial charge in [0.25, 0.3) is 0 Å². The van der Waals surface area contributed by atoms with Gasteiger partial charge in [0.15, 0.2) is 0 Å². The Morgan fingerprint density at radius 1 is 1.63 bits per heavy atom. The third kappa shape index (κ3) is 2.46. The lowest BCUT2D eigenvalue weighted by Gasteiger charge is -2.21. The summed E-state index contributed by atoms with van der Waals surface area (Å²) in [6.45, 7) is 2.52. The van der Waals surface area contributed by atoms with Gasteiger partial charge in [-0.2, -0.15) is 0 Å². The number of nitrogens with zero attached hydrogens (tertiary/aromatic N) is 3. The van der Waals surface area contributed by atoms with E-state index < -0.39 is 16.2 Å². The summed E-state index contributed by atoms with van der Waals surface area (Å²) in [5.41, 5.74) is 4.53. The highest BCUT2D eigenvalue weighted by atomic mass is 35.5. The molecule has 102 valence electrons. The summed E-state index contributed by atoms with van der Waals surface area (Å²) in [6.07, 6.45) is 0.535. The lowest BCUT2D eigenvalue weighted by atomic mass is 9.89. The number of aromatic nitrogens is 1. The van der Waals surface area contributed by atoms with Crippen LogP contribution in [0.1, 0.15) is 13.3 Å². The minimum Gasteiger partial charge on any atom is -0.369 e. The van der Waals surface area contributed by atoms with Crippen LogP contribution in [0.4, 0.5) is 11.5 Å². The molecule has 1 aromatic heterocycles. The smallest absolute Gasteiger partial charge is 0.311 e. The Kier molecular flexibility index (Phi) is 3.32. The van der Waals surface area contributed by atoms with Gasteiger partial charge >= 0.3 is 5.69 Å². The van der Waals surface area contributed by atoms with Crippen molar-refractivity contribution in [3.8, 4) is 0 Å². The first-order valence-corrected chi connectivity index (χ1v) is 6.07. The summed E-state index contributed by atoms with van der Waals surface area (Å²) in [6, 6.07) is 2.68. The fraction of sp³-hybridized carbons (Fsp3) is 0.455. The second-order valence-electron chi connectivity index (χ2n) is 4.83. The number of halogens is 1. The van der Waals surface area contributed by atoms with Crippen LogP contribution in [0.2, 0.25) is 5.15 Å². The van der Waals surface area contributed by atoms with Crippen molar-refractivity contribution in [2.45, 2.75) is 13.3 Å². The summed E-state index contributed by atoms with van der Waals surface area (Å²) >= 11 is 5.78. The summed E-state index contributed by atoms with van der Waals surface area (Å²) < 4.78 is 0. The molecule has 2 N–H and O–H groups in total. The molecule has 1 atom stereocenters. The number of rotatable bonds is 3. The monoisotopic (exact) mass is 284 g/mol. The standard InChI is InChI=1S/C11H13ClN4O3/c1-11(10(13)17)4-5-15(6-11)9-7(16(18)19)2-3-8(12)14-9/h2-3H,4-6H2,1H3,(H2,13,17). The molecule has 1 aliphatic heterocycles. The van der Waals surface area contributed by atoms with Crippen molar-refractivity contribution in [1.29, 1.82) is 0 Å². The van der Waals surface area contributed by atoms with Gasteiger partial charge in [0.1, 0.15) is 5.15 Å². The first-order valence-electron chi connectivity index (χ1n) is 5.69. The number of anilines is 1. The Morgan fingerprint density at radius 2 is 2.32 bits per heavy atom. The lowest BCUT2D eigenvalue weighted by molar-refractivity contribution is -0.384. The Balaban J connectivity index is 2.36. The van der Waals surface area contributed by atoms with E-state index in [0.29, 0.717) is 19.5 Å². The number of amides is 1. The molecule has 0 spiro atoms. The van der Waals surface area contributed by atoms with Crippen molar-refractivity contribution in [3.63, 3.8) is 0 Å². The molecule has 2 rings (SSSR count). The molecule has 0 radical (unpaired) electrons. The van der Waals surface area contributed by atoms with Gasteiger partial charge in [-0.15, -0.1) is 0 Å². The molecule has 0 aromatic carbocycles. The van der Waals surface area contributed by atoms with E-state index >= 15 is 0 Å². The number of hydrogen-bond donors (Lipinski definition) is 1. The molecule has 19 heavy (non-hydrogen) atoms. The topological polar surface area (TPSA) is 102 Å². The SMILES string of the molecule is CC1(C(N)=O)CCN(c2nc(Cl)ccc2[N+](=O)[O-])C1. The highest BCUT2D eigenvalue weighted by Gasteiger charge is 2.41. The minimum absolute atomic E-state index is 0.127. The molecule has 7 nitrogen and oxygen atoms in total. The van der Waals surface area contributed by atoms with Crippen LogP contribution in [0.25, 0.3) is 0 Å². The van der Waals surface area contributed by atoms with Gasteiger partial charge in [-0.25, -0.2) is 4.98 Å². The maximum absolute atomic E-state index is 11.4.